The van der Waals surface area contributed by atoms with Crippen LogP contribution in [0, 0.1) is 0 Å². The highest BCUT2D eigenvalue weighted by molar-refractivity contribution is 7.97. The van der Waals surface area contributed by atoms with Crippen LogP contribution in [-0.4, -0.2) is 22.8 Å². The molecular formula is C12H16N2OS. The van der Waals surface area contributed by atoms with E-state index in [1.54, 1.807) is 11.9 Å². The highest BCUT2D eigenvalue weighted by Gasteiger charge is 2.27. The Balaban J connectivity index is 2.04. The number of carbonyl (C=O) groups excluding carboxylic acids is 1. The van der Waals surface area contributed by atoms with Crippen molar-refractivity contribution in [3.8, 4) is 0 Å². The van der Waals surface area contributed by atoms with E-state index in [1.807, 2.05) is 18.2 Å². The first-order valence-electron chi connectivity index (χ1n) is 5.56. The first-order chi connectivity index (χ1) is 7.77. The lowest BCUT2D eigenvalue weighted by atomic mass is 10.0. The third-order valence-corrected chi connectivity index (χ3v) is 3.90. The molecule has 4 heteroatoms. The summed E-state index contributed by atoms with van der Waals surface area (Å²) in [7, 11) is 0. The molecule has 0 bridgehead atoms. The molecule has 2 rings (SSSR count). The summed E-state index contributed by atoms with van der Waals surface area (Å²) in [5, 5.41) is 0. The summed E-state index contributed by atoms with van der Waals surface area (Å²) in [6.45, 7) is 0.938. The number of piperidine rings is 1. The van der Waals surface area contributed by atoms with Gasteiger partial charge < -0.3 is 5.73 Å². The Morgan fingerprint density at radius 2 is 2.06 bits per heavy atom. The summed E-state index contributed by atoms with van der Waals surface area (Å²) in [5.74, 6) is -0.205. The SMILES string of the molecule is NC(=O)C1CCCCN1Sc1ccccc1. The highest BCUT2D eigenvalue weighted by Crippen LogP contribution is 2.29. The normalized spacial score (nSPS) is 21.9. The van der Waals surface area contributed by atoms with Gasteiger partial charge in [-0.05, 0) is 36.9 Å². The van der Waals surface area contributed by atoms with Crippen molar-refractivity contribution >= 4 is 17.9 Å². The topological polar surface area (TPSA) is 46.3 Å². The van der Waals surface area contributed by atoms with Crippen LogP contribution in [0.15, 0.2) is 35.2 Å². The third-order valence-electron chi connectivity index (χ3n) is 2.75. The molecule has 0 spiro atoms. The molecule has 0 aliphatic carbocycles. The van der Waals surface area contributed by atoms with E-state index in [4.69, 9.17) is 5.73 Å². The van der Waals surface area contributed by atoms with E-state index >= 15 is 0 Å². The van der Waals surface area contributed by atoms with E-state index in [0.717, 1.165) is 30.7 Å². The number of nitrogens with two attached hydrogens (primary N) is 1. The summed E-state index contributed by atoms with van der Waals surface area (Å²) in [5.41, 5.74) is 5.42. The molecule has 16 heavy (non-hydrogen) atoms. The number of rotatable bonds is 3. The second-order valence-corrected chi connectivity index (χ2v) is 5.08. The van der Waals surface area contributed by atoms with Gasteiger partial charge in [0.1, 0.15) is 0 Å². The predicted octanol–water partition coefficient (Wildman–Crippen LogP) is 2.03. The smallest absolute Gasteiger partial charge is 0.235 e. The Morgan fingerprint density at radius 1 is 1.31 bits per heavy atom. The van der Waals surface area contributed by atoms with Gasteiger partial charge in [0, 0.05) is 11.4 Å². The van der Waals surface area contributed by atoms with Crippen LogP contribution < -0.4 is 5.73 Å². The molecule has 1 saturated heterocycles. The Morgan fingerprint density at radius 3 is 2.75 bits per heavy atom. The predicted molar refractivity (Wildman–Crippen MR) is 65.8 cm³/mol. The third kappa shape index (κ3) is 2.77. The Hall–Kier alpha value is -1.00. The van der Waals surface area contributed by atoms with Gasteiger partial charge in [-0.15, -0.1) is 0 Å². The molecule has 1 aromatic carbocycles. The molecule has 1 fully saturated rings. The number of primary amides is 1. The Labute approximate surface area is 100 Å². The van der Waals surface area contributed by atoms with Gasteiger partial charge in [-0.25, -0.2) is 4.31 Å². The van der Waals surface area contributed by atoms with Gasteiger partial charge in [-0.2, -0.15) is 0 Å². The molecule has 1 aromatic rings. The molecule has 86 valence electrons. The zero-order valence-electron chi connectivity index (χ0n) is 9.13. The van der Waals surface area contributed by atoms with Crippen molar-refractivity contribution in [3.63, 3.8) is 0 Å². The largest absolute Gasteiger partial charge is 0.368 e. The lowest BCUT2D eigenvalue weighted by molar-refractivity contribution is -0.122. The fourth-order valence-electron chi connectivity index (χ4n) is 1.92. The molecule has 1 atom stereocenters. The van der Waals surface area contributed by atoms with Crippen LogP contribution >= 0.6 is 11.9 Å². The summed E-state index contributed by atoms with van der Waals surface area (Å²) < 4.78 is 2.11. The number of nitrogens with zero attached hydrogens (tertiary/aromatic N) is 1. The van der Waals surface area contributed by atoms with Crippen LogP contribution in [-0.2, 0) is 4.79 Å². The van der Waals surface area contributed by atoms with Crippen LogP contribution in [0.1, 0.15) is 19.3 Å². The van der Waals surface area contributed by atoms with Crippen LogP contribution in [0.5, 0.6) is 0 Å². The first kappa shape index (κ1) is 11.5. The van der Waals surface area contributed by atoms with E-state index in [0.29, 0.717) is 0 Å². The fourth-order valence-corrected chi connectivity index (χ4v) is 3.02. The highest BCUT2D eigenvalue weighted by atomic mass is 32.2. The van der Waals surface area contributed by atoms with Crippen LogP contribution in [0.3, 0.4) is 0 Å². The molecule has 1 unspecified atom stereocenters. The van der Waals surface area contributed by atoms with Gasteiger partial charge in [0.15, 0.2) is 0 Å². The quantitative estimate of drug-likeness (QED) is 0.817. The Bertz CT molecular complexity index is 355. The molecule has 0 radical (unpaired) electrons. The lowest BCUT2D eigenvalue weighted by Crippen LogP contribution is -2.43. The number of hydrogen-bond acceptors (Lipinski definition) is 3. The van der Waals surface area contributed by atoms with Crippen molar-refractivity contribution in [1.82, 2.24) is 4.31 Å². The van der Waals surface area contributed by atoms with Crippen LogP contribution in [0.2, 0.25) is 0 Å². The van der Waals surface area contributed by atoms with Gasteiger partial charge in [0.05, 0.1) is 6.04 Å². The fraction of sp³-hybridized carbons (Fsp3) is 0.417. The van der Waals surface area contributed by atoms with Crippen molar-refractivity contribution in [1.29, 1.82) is 0 Å². The van der Waals surface area contributed by atoms with Crippen molar-refractivity contribution < 1.29 is 4.79 Å². The molecule has 0 saturated carbocycles. The minimum Gasteiger partial charge on any atom is -0.368 e. The van der Waals surface area contributed by atoms with E-state index in [2.05, 4.69) is 16.4 Å². The van der Waals surface area contributed by atoms with Crippen molar-refractivity contribution in [2.45, 2.75) is 30.2 Å². The molecule has 1 aliphatic rings. The maximum Gasteiger partial charge on any atom is 0.235 e. The van der Waals surface area contributed by atoms with Gasteiger partial charge in [0.2, 0.25) is 5.91 Å². The lowest BCUT2D eigenvalue weighted by Gasteiger charge is -2.32. The molecular weight excluding hydrogens is 220 g/mol. The molecule has 1 amide bonds. The minimum absolute atomic E-state index is 0.112. The average Bonchev–Trinajstić information content (AvgIpc) is 2.31. The molecule has 2 N–H and O–H groups in total. The average molecular weight is 236 g/mol. The molecule has 0 aromatic heterocycles. The number of carbonyl (C=O) groups is 1. The zero-order chi connectivity index (χ0) is 11.4. The van der Waals surface area contributed by atoms with Gasteiger partial charge >= 0.3 is 0 Å². The Kier molecular flexibility index (Phi) is 3.85. The molecule has 3 nitrogen and oxygen atoms in total. The summed E-state index contributed by atoms with van der Waals surface area (Å²) in [6.07, 6.45) is 3.12. The summed E-state index contributed by atoms with van der Waals surface area (Å²) in [4.78, 5) is 12.5. The van der Waals surface area contributed by atoms with Gasteiger partial charge in [0.25, 0.3) is 0 Å². The number of amides is 1. The summed E-state index contributed by atoms with van der Waals surface area (Å²) in [6, 6.07) is 10.00. The van der Waals surface area contributed by atoms with E-state index in [-0.39, 0.29) is 11.9 Å². The van der Waals surface area contributed by atoms with Crippen LogP contribution in [0.25, 0.3) is 0 Å². The van der Waals surface area contributed by atoms with Crippen molar-refractivity contribution in [3.05, 3.63) is 30.3 Å². The second-order valence-electron chi connectivity index (χ2n) is 3.96. The van der Waals surface area contributed by atoms with Gasteiger partial charge in [-0.1, -0.05) is 24.6 Å². The maximum absolute atomic E-state index is 11.3. The number of benzene rings is 1. The van der Waals surface area contributed by atoms with Crippen molar-refractivity contribution in [2.75, 3.05) is 6.54 Å². The molecule has 1 aliphatic heterocycles. The monoisotopic (exact) mass is 236 g/mol. The standard InChI is InChI=1S/C12H16N2OS/c13-12(15)11-8-4-5-9-14(11)16-10-6-2-1-3-7-10/h1-3,6-7,11H,4-5,8-9H2,(H2,13,15). The molecule has 1 heterocycles. The van der Waals surface area contributed by atoms with Crippen LogP contribution in [0.4, 0.5) is 0 Å². The number of hydrogen-bond donors (Lipinski definition) is 1. The zero-order valence-corrected chi connectivity index (χ0v) is 9.95. The second kappa shape index (κ2) is 5.37. The van der Waals surface area contributed by atoms with Crippen molar-refractivity contribution in [2.24, 2.45) is 5.73 Å². The van der Waals surface area contributed by atoms with E-state index < -0.39 is 0 Å². The first-order valence-corrected chi connectivity index (χ1v) is 6.33. The van der Waals surface area contributed by atoms with E-state index in [1.165, 1.54) is 0 Å². The van der Waals surface area contributed by atoms with E-state index in [9.17, 15) is 4.79 Å². The maximum atomic E-state index is 11.3. The van der Waals surface area contributed by atoms with Gasteiger partial charge in [-0.3, -0.25) is 4.79 Å². The summed E-state index contributed by atoms with van der Waals surface area (Å²) >= 11 is 1.63. The minimum atomic E-state index is -0.205.